The molecule has 6 atom stereocenters. The van der Waals surface area contributed by atoms with E-state index in [1.807, 2.05) is 44.2 Å². The summed E-state index contributed by atoms with van der Waals surface area (Å²) in [4.78, 5) is 71.1. The molecule has 56 heavy (non-hydrogen) atoms. The third-order valence-electron chi connectivity index (χ3n) is 9.93. The lowest BCUT2D eigenvalue weighted by Gasteiger charge is -2.32. The first-order valence-corrected chi connectivity index (χ1v) is 19.0. The molecule has 0 spiro atoms. The van der Waals surface area contributed by atoms with E-state index in [0.29, 0.717) is 11.4 Å². The number of hydrogen-bond acceptors (Lipinski definition) is 11. The van der Waals surface area contributed by atoms with Crippen molar-refractivity contribution < 1.29 is 38.6 Å². The van der Waals surface area contributed by atoms with Gasteiger partial charge >= 0.3 is 0 Å². The third-order valence-corrected chi connectivity index (χ3v) is 9.93. The van der Waals surface area contributed by atoms with Crippen molar-refractivity contribution in [2.75, 3.05) is 40.0 Å². The molecule has 3 aliphatic heterocycles. The van der Waals surface area contributed by atoms with Crippen LogP contribution in [0, 0.1) is 5.92 Å². The quantitative estimate of drug-likeness (QED) is 0.123. The van der Waals surface area contributed by atoms with Crippen molar-refractivity contribution in [1.29, 1.82) is 0 Å². The highest BCUT2D eigenvalue weighted by molar-refractivity contribution is 5.96. The van der Waals surface area contributed by atoms with Crippen LogP contribution < -0.4 is 31.3 Å². The van der Waals surface area contributed by atoms with Gasteiger partial charge in [0, 0.05) is 32.4 Å². The molecule has 1 aromatic heterocycles. The number of carbonyl (C=O) groups excluding carboxylic acids is 5. The van der Waals surface area contributed by atoms with Gasteiger partial charge in [-0.05, 0) is 43.1 Å². The number of carbonyl (C=O) groups is 5. The number of hydrogen-bond donors (Lipinski definition) is 6. The Hall–Kier alpha value is -5.39. The first kappa shape index (κ1) is 41.8. The van der Waals surface area contributed by atoms with E-state index in [9.17, 15) is 24.0 Å². The van der Waals surface area contributed by atoms with Crippen LogP contribution in [-0.4, -0.2) is 125 Å². The molecule has 3 aromatic rings. The maximum absolute atomic E-state index is 14.5. The lowest BCUT2D eigenvalue weighted by Crippen LogP contribution is -2.59. The highest BCUT2D eigenvalue weighted by Gasteiger charge is 2.45. The minimum Gasteiger partial charge on any atom is -0.487 e. The molecule has 6 rings (SSSR count). The van der Waals surface area contributed by atoms with Gasteiger partial charge in [0.25, 0.3) is 0 Å². The van der Waals surface area contributed by atoms with E-state index in [0.717, 1.165) is 11.1 Å². The highest BCUT2D eigenvalue weighted by Crippen LogP contribution is 2.29. The summed E-state index contributed by atoms with van der Waals surface area (Å²) < 4.78 is 12.9. The molecule has 6 bridgehead atoms. The highest BCUT2D eigenvalue weighted by atomic mass is 16.5. The van der Waals surface area contributed by atoms with Crippen LogP contribution in [0.2, 0.25) is 0 Å². The fourth-order valence-electron chi connectivity index (χ4n) is 6.62. The zero-order chi connectivity index (χ0) is 40.2. The van der Waals surface area contributed by atoms with Crippen molar-refractivity contribution in [1.82, 2.24) is 46.5 Å². The van der Waals surface area contributed by atoms with Gasteiger partial charge in [-0.25, -0.2) is 4.68 Å². The lowest BCUT2D eigenvalue weighted by atomic mass is 10.0. The molecule has 1 fully saturated rings. The number of nitrogens with zero attached hydrogens (tertiary/aromatic N) is 4. The van der Waals surface area contributed by atoms with Crippen LogP contribution in [0.4, 0.5) is 0 Å². The molecule has 5 amide bonds. The summed E-state index contributed by atoms with van der Waals surface area (Å²) in [6.07, 6.45) is 2.08. The van der Waals surface area contributed by atoms with Gasteiger partial charge in [-0.1, -0.05) is 61.5 Å². The third kappa shape index (κ3) is 11.1. The number of likely N-dealkylation sites (tertiary alicyclic amines) is 1. The minimum absolute atomic E-state index is 0.0858. The molecule has 0 saturated carbocycles. The van der Waals surface area contributed by atoms with Crippen molar-refractivity contribution >= 4 is 29.5 Å². The Kier molecular flexibility index (Phi) is 14.9. The zero-order valence-corrected chi connectivity index (χ0v) is 32.3. The number of aliphatic hydroxyl groups is 1. The molecular weight excluding hydrogens is 722 g/mol. The van der Waals surface area contributed by atoms with E-state index >= 15 is 0 Å². The van der Waals surface area contributed by atoms with Crippen LogP contribution in [-0.2, 0) is 48.2 Å². The lowest BCUT2D eigenvalue weighted by molar-refractivity contribution is -0.143. The first-order valence-electron chi connectivity index (χ1n) is 19.0. The summed E-state index contributed by atoms with van der Waals surface area (Å²) in [6, 6.07) is 11.1. The fourth-order valence-corrected chi connectivity index (χ4v) is 6.62. The Morgan fingerprint density at radius 3 is 2.46 bits per heavy atom. The van der Waals surface area contributed by atoms with Crippen molar-refractivity contribution in [2.45, 2.75) is 82.9 Å². The fraction of sp³-hybridized carbons (Fsp3) is 0.513. The van der Waals surface area contributed by atoms with Crippen LogP contribution in [0.15, 0.2) is 60.8 Å². The SMILES string of the molecule is CNC(C)C(=O)NC(C(=O)N1CC2CC1C(=O)NC(Cc1ccccc1)C(=O)NC(C(=O)NCCOCCO)Cc1ccc(cc1)OCc1cn2nn1)C(C)C. The summed E-state index contributed by atoms with van der Waals surface area (Å²) >= 11 is 0. The van der Waals surface area contributed by atoms with E-state index in [-0.39, 0.29) is 70.6 Å². The van der Waals surface area contributed by atoms with E-state index < -0.39 is 59.9 Å². The number of ether oxygens (including phenoxy) is 2. The van der Waals surface area contributed by atoms with Crippen molar-refractivity contribution in [3.63, 3.8) is 0 Å². The van der Waals surface area contributed by atoms with Gasteiger partial charge in [-0.15, -0.1) is 5.10 Å². The summed E-state index contributed by atoms with van der Waals surface area (Å²) in [5.74, 6) is -2.22. The van der Waals surface area contributed by atoms with Gasteiger partial charge < -0.3 is 46.1 Å². The molecule has 1 saturated heterocycles. The Labute approximate surface area is 326 Å². The van der Waals surface area contributed by atoms with Gasteiger partial charge in [-0.3, -0.25) is 24.0 Å². The predicted molar refractivity (Wildman–Crippen MR) is 204 cm³/mol. The monoisotopic (exact) mass is 775 g/mol. The van der Waals surface area contributed by atoms with Gasteiger partial charge in [0.15, 0.2) is 0 Å². The molecule has 6 N–H and O–H groups in total. The van der Waals surface area contributed by atoms with Crippen molar-refractivity contribution in [2.24, 2.45) is 5.92 Å². The Morgan fingerprint density at radius 1 is 1.02 bits per heavy atom. The Bertz CT molecular complexity index is 1790. The van der Waals surface area contributed by atoms with Crippen molar-refractivity contribution in [3.8, 4) is 5.75 Å². The Morgan fingerprint density at radius 2 is 1.77 bits per heavy atom. The zero-order valence-electron chi connectivity index (χ0n) is 32.3. The van der Waals surface area contributed by atoms with E-state index in [1.54, 1.807) is 49.1 Å². The van der Waals surface area contributed by atoms with Gasteiger partial charge in [0.1, 0.15) is 42.2 Å². The largest absolute Gasteiger partial charge is 0.487 e. The molecule has 2 aromatic carbocycles. The molecule has 6 unspecified atom stereocenters. The number of nitrogens with one attached hydrogen (secondary N) is 5. The van der Waals surface area contributed by atoms with Crippen LogP contribution in [0.25, 0.3) is 0 Å². The summed E-state index contributed by atoms with van der Waals surface area (Å²) in [7, 11) is 1.65. The van der Waals surface area contributed by atoms with Crippen LogP contribution >= 0.6 is 0 Å². The summed E-state index contributed by atoms with van der Waals surface area (Å²) in [5, 5.41) is 31.9. The van der Waals surface area contributed by atoms with Gasteiger partial charge in [-0.2, -0.15) is 0 Å². The number of aromatic nitrogens is 3. The molecule has 17 heteroatoms. The molecule has 3 aliphatic rings. The van der Waals surface area contributed by atoms with Gasteiger partial charge in [0.05, 0.1) is 38.1 Å². The smallest absolute Gasteiger partial charge is 0.246 e. The number of aliphatic hydroxyl groups excluding tert-OH is 1. The van der Waals surface area contributed by atoms with Crippen LogP contribution in [0.1, 0.15) is 50.1 Å². The van der Waals surface area contributed by atoms with E-state index in [4.69, 9.17) is 14.6 Å². The summed E-state index contributed by atoms with van der Waals surface area (Å²) in [5.41, 5.74) is 2.03. The maximum Gasteiger partial charge on any atom is 0.246 e. The second kappa shape index (κ2) is 20.0. The molecule has 0 aliphatic carbocycles. The summed E-state index contributed by atoms with van der Waals surface area (Å²) in [6.45, 7) is 5.77. The maximum atomic E-state index is 14.5. The normalized spacial score (nSPS) is 21.1. The second-order valence-electron chi connectivity index (χ2n) is 14.4. The second-order valence-corrected chi connectivity index (χ2v) is 14.4. The molecular formula is C39H53N9O8. The molecule has 0 radical (unpaired) electrons. The van der Waals surface area contributed by atoms with Gasteiger partial charge in [0.2, 0.25) is 29.5 Å². The number of likely N-dealkylation sites (N-methyl/N-ethyl adjacent to an activating group) is 1. The molecule has 17 nitrogen and oxygen atoms in total. The average molecular weight is 776 g/mol. The minimum atomic E-state index is -1.14. The Balaban J connectivity index is 1.49. The first-order chi connectivity index (χ1) is 27.0. The number of benzene rings is 2. The number of fused-ring (bicyclic) bond motifs is 9. The number of rotatable bonds is 13. The standard InChI is InChI=1S/C39H53N9O8/c1-24(2)34(44-35(50)25(3)40-4)39(54)47-22-29-20-33(47)38(53)43-32(18-26-8-6-5-7-9-26)37(52)42-31(36(51)41-14-16-55-17-15-49)19-27-10-12-30(13-11-27)56-23-28-21-48(29)46-45-28/h5-13,21,24-25,29,31-34,40,49H,14-20,22-23H2,1-4H3,(H,41,51)(H,42,52)(H,43,53)(H,44,50). The van der Waals surface area contributed by atoms with Crippen LogP contribution in [0.3, 0.4) is 0 Å². The van der Waals surface area contributed by atoms with Crippen LogP contribution in [0.5, 0.6) is 5.75 Å². The number of amides is 5. The molecule has 4 heterocycles. The van der Waals surface area contributed by atoms with Crippen molar-refractivity contribution in [3.05, 3.63) is 77.6 Å². The van der Waals surface area contributed by atoms with E-state index in [1.165, 1.54) is 4.90 Å². The van der Waals surface area contributed by atoms with E-state index in [2.05, 4.69) is 36.9 Å². The molecule has 302 valence electrons. The average Bonchev–Trinajstić information content (AvgIpc) is 3.86. The topological polar surface area (TPSA) is 218 Å². The predicted octanol–water partition coefficient (Wildman–Crippen LogP) is -0.359.